The first-order valence-corrected chi connectivity index (χ1v) is 14.8. The Labute approximate surface area is 252 Å². The maximum atomic E-state index is 5.06. The molecule has 4 heterocycles. The maximum Gasteiger partial charge on any atom is 0.164 e. The Balaban J connectivity index is 1.47. The predicted octanol–water partition coefficient (Wildman–Crippen LogP) is 7.02. The molecule has 0 spiro atoms. The molecule has 1 aliphatic heterocycles. The average Bonchev–Trinajstić information content (AvgIpc) is 3.34. The molecule has 4 aromatic carbocycles. The van der Waals surface area contributed by atoms with Crippen LogP contribution in [0.3, 0.4) is 0 Å². The first-order chi connectivity index (χ1) is 20.4. The SMILES string of the molecule is Bc1ccc2c(c1)c1cc(-c3nc(-c4ccccc4)nc(-c4ccccc4)n3)cc3c1n2-c1ncc(Br)cc1C3(C)C. The number of rotatable bonds is 3. The molecule has 8 rings (SSSR count). The fraction of sp³-hybridized carbons (Fsp3) is 0.0857. The highest BCUT2D eigenvalue weighted by Crippen LogP contribution is 2.48. The van der Waals surface area contributed by atoms with Crippen LogP contribution >= 0.6 is 15.9 Å². The van der Waals surface area contributed by atoms with Crippen LogP contribution in [0.5, 0.6) is 0 Å². The summed E-state index contributed by atoms with van der Waals surface area (Å²) in [6.45, 7) is 4.56. The molecule has 0 radical (unpaired) electrons. The Hall–Kier alpha value is -4.62. The zero-order valence-corrected chi connectivity index (χ0v) is 25.0. The second kappa shape index (κ2) is 9.20. The minimum atomic E-state index is -0.308. The number of nitrogens with zero attached hydrogens (tertiary/aromatic N) is 5. The third-order valence-electron chi connectivity index (χ3n) is 8.37. The molecular weight excluding hydrogens is 581 g/mol. The van der Waals surface area contributed by atoms with Gasteiger partial charge in [0.2, 0.25) is 0 Å². The van der Waals surface area contributed by atoms with Crippen LogP contribution < -0.4 is 5.46 Å². The lowest BCUT2D eigenvalue weighted by atomic mass is 9.75. The zero-order valence-electron chi connectivity index (χ0n) is 23.4. The zero-order chi connectivity index (χ0) is 28.6. The second-order valence-electron chi connectivity index (χ2n) is 11.5. The van der Waals surface area contributed by atoms with Crippen LogP contribution in [-0.4, -0.2) is 32.3 Å². The Morgan fingerprint density at radius 1 is 0.667 bits per heavy atom. The first-order valence-electron chi connectivity index (χ1n) is 14.0. The molecule has 0 unspecified atom stereocenters. The van der Waals surface area contributed by atoms with Gasteiger partial charge in [0.05, 0.1) is 11.0 Å². The Morgan fingerprint density at radius 3 is 1.93 bits per heavy atom. The van der Waals surface area contributed by atoms with Crippen LogP contribution in [0.2, 0.25) is 0 Å². The van der Waals surface area contributed by atoms with Crippen molar-refractivity contribution in [3.63, 3.8) is 0 Å². The first kappa shape index (κ1) is 25.1. The number of fused-ring (bicyclic) bond motifs is 5. The van der Waals surface area contributed by atoms with E-state index in [1.165, 1.54) is 32.9 Å². The molecule has 5 nitrogen and oxygen atoms in total. The van der Waals surface area contributed by atoms with Crippen LogP contribution in [0.25, 0.3) is 61.8 Å². The summed E-state index contributed by atoms with van der Waals surface area (Å²) < 4.78 is 3.30. The van der Waals surface area contributed by atoms with E-state index < -0.39 is 0 Å². The molecule has 0 amide bonds. The van der Waals surface area contributed by atoms with Crippen molar-refractivity contribution in [3.05, 3.63) is 119 Å². The molecule has 0 N–H and O–H groups in total. The molecule has 7 heteroatoms. The van der Waals surface area contributed by atoms with Gasteiger partial charge in [0, 0.05) is 49.1 Å². The number of hydrogen-bond donors (Lipinski definition) is 0. The molecule has 1 aliphatic rings. The number of benzene rings is 4. The summed E-state index contributed by atoms with van der Waals surface area (Å²) in [7, 11) is 2.14. The van der Waals surface area contributed by atoms with E-state index in [0.717, 1.165) is 32.5 Å². The van der Waals surface area contributed by atoms with E-state index in [0.29, 0.717) is 17.5 Å². The van der Waals surface area contributed by atoms with Crippen LogP contribution in [-0.2, 0) is 5.41 Å². The topological polar surface area (TPSA) is 56.5 Å². The highest BCUT2D eigenvalue weighted by Gasteiger charge is 2.37. The number of aromatic nitrogens is 5. The molecule has 0 atom stereocenters. The molecule has 3 aromatic heterocycles. The summed E-state index contributed by atoms with van der Waals surface area (Å²) in [6.07, 6.45) is 1.89. The van der Waals surface area contributed by atoms with Gasteiger partial charge in [0.15, 0.2) is 17.5 Å². The van der Waals surface area contributed by atoms with Crippen molar-refractivity contribution in [2.75, 3.05) is 0 Å². The van der Waals surface area contributed by atoms with E-state index in [4.69, 9.17) is 19.9 Å². The minimum absolute atomic E-state index is 0.308. The van der Waals surface area contributed by atoms with Crippen LogP contribution in [0.15, 0.2) is 108 Å². The molecule has 0 bridgehead atoms. The van der Waals surface area contributed by atoms with E-state index in [1.807, 2.05) is 66.9 Å². The lowest BCUT2D eigenvalue weighted by Gasteiger charge is -2.34. The number of hydrogen-bond acceptors (Lipinski definition) is 4. The van der Waals surface area contributed by atoms with Crippen molar-refractivity contribution in [1.82, 2.24) is 24.5 Å². The largest absolute Gasteiger partial charge is 0.293 e. The average molecular weight is 606 g/mol. The number of halogens is 1. The fourth-order valence-corrected chi connectivity index (χ4v) is 6.57. The van der Waals surface area contributed by atoms with Crippen molar-refractivity contribution in [1.29, 1.82) is 0 Å². The monoisotopic (exact) mass is 605 g/mol. The third-order valence-corrected chi connectivity index (χ3v) is 8.80. The Bertz CT molecular complexity index is 2130. The Morgan fingerprint density at radius 2 is 1.29 bits per heavy atom. The van der Waals surface area contributed by atoms with Gasteiger partial charge in [-0.1, -0.05) is 92.1 Å². The van der Waals surface area contributed by atoms with Gasteiger partial charge in [-0.25, -0.2) is 19.9 Å². The van der Waals surface area contributed by atoms with Crippen molar-refractivity contribution in [3.8, 4) is 40.0 Å². The van der Waals surface area contributed by atoms with Gasteiger partial charge in [0.25, 0.3) is 0 Å². The van der Waals surface area contributed by atoms with Crippen molar-refractivity contribution >= 4 is 51.0 Å². The molecule has 0 aliphatic carbocycles. The summed E-state index contributed by atoms with van der Waals surface area (Å²) in [5, 5.41) is 2.37. The highest BCUT2D eigenvalue weighted by atomic mass is 79.9. The van der Waals surface area contributed by atoms with E-state index in [-0.39, 0.29) is 5.41 Å². The Kier molecular flexibility index (Phi) is 5.50. The lowest BCUT2D eigenvalue weighted by Crippen LogP contribution is -2.27. The minimum Gasteiger partial charge on any atom is -0.293 e. The van der Waals surface area contributed by atoms with Gasteiger partial charge in [-0.05, 0) is 45.8 Å². The summed E-state index contributed by atoms with van der Waals surface area (Å²) in [5.41, 5.74) is 8.51. The van der Waals surface area contributed by atoms with Crippen molar-refractivity contribution < 1.29 is 0 Å². The van der Waals surface area contributed by atoms with Gasteiger partial charge < -0.3 is 0 Å². The van der Waals surface area contributed by atoms with Gasteiger partial charge in [-0.2, -0.15) is 0 Å². The molecule has 0 saturated carbocycles. The summed E-state index contributed by atoms with van der Waals surface area (Å²) >= 11 is 3.68. The quantitative estimate of drug-likeness (QED) is 0.203. The summed E-state index contributed by atoms with van der Waals surface area (Å²) in [4.78, 5) is 20.0. The van der Waals surface area contributed by atoms with E-state index in [9.17, 15) is 0 Å². The van der Waals surface area contributed by atoms with Gasteiger partial charge in [-0.3, -0.25) is 4.57 Å². The third kappa shape index (κ3) is 3.77. The van der Waals surface area contributed by atoms with Crippen LogP contribution in [0, 0.1) is 0 Å². The summed E-state index contributed by atoms with van der Waals surface area (Å²) in [6, 6.07) is 33.6. The fourth-order valence-electron chi connectivity index (χ4n) is 6.24. The van der Waals surface area contributed by atoms with E-state index in [1.54, 1.807) is 0 Å². The molecule has 42 heavy (non-hydrogen) atoms. The molecule has 0 fully saturated rings. The maximum absolute atomic E-state index is 5.06. The normalized spacial score (nSPS) is 13.4. The second-order valence-corrected chi connectivity index (χ2v) is 12.4. The summed E-state index contributed by atoms with van der Waals surface area (Å²) in [5.74, 6) is 2.95. The van der Waals surface area contributed by atoms with Crippen LogP contribution in [0.4, 0.5) is 0 Å². The molecule has 7 aromatic rings. The van der Waals surface area contributed by atoms with Crippen LogP contribution in [0.1, 0.15) is 25.0 Å². The number of pyridine rings is 1. The molecule has 200 valence electrons. The van der Waals surface area contributed by atoms with E-state index >= 15 is 0 Å². The highest BCUT2D eigenvalue weighted by molar-refractivity contribution is 9.10. The lowest BCUT2D eigenvalue weighted by molar-refractivity contribution is 0.624. The molecule has 0 saturated heterocycles. The van der Waals surface area contributed by atoms with Crippen molar-refractivity contribution in [2.45, 2.75) is 19.3 Å². The van der Waals surface area contributed by atoms with Gasteiger partial charge in [0.1, 0.15) is 13.7 Å². The van der Waals surface area contributed by atoms with Crippen molar-refractivity contribution in [2.24, 2.45) is 0 Å². The van der Waals surface area contributed by atoms with Gasteiger partial charge >= 0.3 is 0 Å². The standard InChI is InChI=1S/C35H25BBrN5/c1-35(2)27-16-22(33-40-31(20-9-5-3-6-10-20)39-32(41-33)21-11-7-4-8-12-21)15-26-25-17-23(36)13-14-29(25)42(30(26)27)34-28(35)18-24(37)19-38-34/h3-19H,36H2,1-2H3. The smallest absolute Gasteiger partial charge is 0.164 e. The van der Waals surface area contributed by atoms with Gasteiger partial charge in [-0.15, -0.1) is 0 Å². The van der Waals surface area contributed by atoms with E-state index in [2.05, 4.69) is 78.6 Å². The molecular formula is C35H25BBrN5. The predicted molar refractivity (Wildman–Crippen MR) is 176 cm³/mol.